The van der Waals surface area contributed by atoms with Gasteiger partial charge in [-0.15, -0.1) is 0 Å². The molecule has 1 N–H and O–H groups in total. The van der Waals surface area contributed by atoms with Crippen LogP contribution in [0.15, 0.2) is 12.3 Å². The first-order chi connectivity index (χ1) is 9.78. The molecular formula is C16H26ClN3O. The Morgan fingerprint density at radius 2 is 2.19 bits per heavy atom. The molecular weight excluding hydrogens is 286 g/mol. The van der Waals surface area contributed by atoms with Crippen molar-refractivity contribution in [1.29, 1.82) is 0 Å². The molecule has 1 aromatic heterocycles. The van der Waals surface area contributed by atoms with Crippen molar-refractivity contribution >= 4 is 17.4 Å². The largest absolute Gasteiger partial charge is 0.376 e. The van der Waals surface area contributed by atoms with Gasteiger partial charge < -0.3 is 15.0 Å². The molecule has 1 fully saturated rings. The van der Waals surface area contributed by atoms with Crippen LogP contribution in [0.25, 0.3) is 0 Å². The maximum Gasteiger partial charge on any atom is 0.147 e. The van der Waals surface area contributed by atoms with Crippen LogP contribution in [0.3, 0.4) is 0 Å². The molecule has 0 aromatic carbocycles. The summed E-state index contributed by atoms with van der Waals surface area (Å²) in [7, 11) is 2.04. The number of likely N-dealkylation sites (N-methyl/N-ethyl adjacent to an activating group) is 1. The Bertz CT molecular complexity index is 487. The molecule has 0 spiro atoms. The average molecular weight is 312 g/mol. The SMILES string of the molecule is CC1OCCC1N(C)c1ncc(CNC(C)(C)C)cc1Cl. The summed E-state index contributed by atoms with van der Waals surface area (Å²) in [4.78, 5) is 6.70. The van der Waals surface area contributed by atoms with E-state index in [9.17, 15) is 0 Å². The van der Waals surface area contributed by atoms with E-state index in [2.05, 4.69) is 42.9 Å². The highest BCUT2D eigenvalue weighted by Gasteiger charge is 2.29. The molecule has 4 nitrogen and oxygen atoms in total. The number of ether oxygens (including phenoxy) is 1. The zero-order chi connectivity index (χ0) is 15.6. The van der Waals surface area contributed by atoms with E-state index in [0.29, 0.717) is 11.1 Å². The fourth-order valence-electron chi connectivity index (χ4n) is 2.58. The molecule has 21 heavy (non-hydrogen) atoms. The van der Waals surface area contributed by atoms with Crippen molar-refractivity contribution in [2.75, 3.05) is 18.6 Å². The van der Waals surface area contributed by atoms with Gasteiger partial charge in [-0.05, 0) is 45.7 Å². The lowest BCUT2D eigenvalue weighted by Crippen LogP contribution is -2.37. The maximum atomic E-state index is 6.43. The Hall–Kier alpha value is -0.840. The molecule has 118 valence electrons. The van der Waals surface area contributed by atoms with Crippen LogP contribution in [0.4, 0.5) is 5.82 Å². The zero-order valence-corrected chi connectivity index (χ0v) is 14.4. The maximum absolute atomic E-state index is 6.43. The number of rotatable bonds is 4. The lowest BCUT2D eigenvalue weighted by Gasteiger charge is -2.28. The van der Waals surface area contributed by atoms with Gasteiger partial charge in [0, 0.05) is 31.9 Å². The first-order valence-electron chi connectivity index (χ1n) is 7.52. The molecule has 5 heteroatoms. The molecule has 0 amide bonds. The zero-order valence-electron chi connectivity index (χ0n) is 13.6. The number of nitrogens with one attached hydrogen (secondary N) is 1. The summed E-state index contributed by atoms with van der Waals surface area (Å²) in [5.41, 5.74) is 1.18. The summed E-state index contributed by atoms with van der Waals surface area (Å²) < 4.78 is 5.63. The summed E-state index contributed by atoms with van der Waals surface area (Å²) in [6.45, 7) is 10.1. The van der Waals surface area contributed by atoms with Crippen molar-refractivity contribution in [3.05, 3.63) is 22.8 Å². The number of aromatic nitrogens is 1. The molecule has 1 saturated heterocycles. The van der Waals surface area contributed by atoms with Gasteiger partial charge >= 0.3 is 0 Å². The molecule has 1 aliphatic rings. The first kappa shape index (κ1) is 16.5. The molecule has 2 atom stereocenters. The molecule has 0 bridgehead atoms. The van der Waals surface area contributed by atoms with E-state index in [4.69, 9.17) is 16.3 Å². The second kappa shape index (κ2) is 6.51. The smallest absolute Gasteiger partial charge is 0.147 e. The Kier molecular flexibility index (Phi) is 5.12. The second-order valence-electron chi connectivity index (χ2n) is 6.80. The summed E-state index contributed by atoms with van der Waals surface area (Å²) in [5, 5.41) is 4.14. The van der Waals surface area contributed by atoms with E-state index in [1.54, 1.807) is 0 Å². The molecule has 0 saturated carbocycles. The highest BCUT2D eigenvalue weighted by Crippen LogP contribution is 2.29. The van der Waals surface area contributed by atoms with E-state index in [1.165, 1.54) is 0 Å². The Morgan fingerprint density at radius 3 is 2.71 bits per heavy atom. The van der Waals surface area contributed by atoms with Crippen LogP contribution in [-0.2, 0) is 11.3 Å². The number of anilines is 1. The number of halogens is 1. The monoisotopic (exact) mass is 311 g/mol. The Balaban J connectivity index is 2.08. The standard InChI is InChI=1S/C16H26ClN3O/c1-11-14(6-7-21-11)20(5)15-13(17)8-12(9-18-15)10-19-16(2,3)4/h8-9,11,14,19H,6-7,10H2,1-5H3. The van der Waals surface area contributed by atoms with E-state index < -0.39 is 0 Å². The lowest BCUT2D eigenvalue weighted by atomic mass is 10.1. The summed E-state index contributed by atoms with van der Waals surface area (Å²) in [6.07, 6.45) is 3.13. The predicted molar refractivity (Wildman–Crippen MR) is 88.1 cm³/mol. The van der Waals surface area contributed by atoms with Crippen LogP contribution in [0.2, 0.25) is 5.02 Å². The summed E-state index contributed by atoms with van der Waals surface area (Å²) in [5.74, 6) is 0.832. The fraction of sp³-hybridized carbons (Fsp3) is 0.688. The number of hydrogen-bond acceptors (Lipinski definition) is 4. The minimum atomic E-state index is 0.0819. The van der Waals surface area contributed by atoms with E-state index in [1.807, 2.05) is 19.3 Å². The fourth-order valence-corrected chi connectivity index (χ4v) is 2.90. The highest BCUT2D eigenvalue weighted by molar-refractivity contribution is 6.33. The third kappa shape index (κ3) is 4.31. The first-order valence-corrected chi connectivity index (χ1v) is 7.89. The van der Waals surface area contributed by atoms with Crippen LogP contribution in [0, 0.1) is 0 Å². The molecule has 2 unspecified atom stereocenters. The molecule has 1 aliphatic heterocycles. The van der Waals surface area contributed by atoms with E-state index in [0.717, 1.165) is 31.0 Å². The molecule has 2 rings (SSSR count). The van der Waals surface area contributed by atoms with Crippen molar-refractivity contribution < 1.29 is 4.74 Å². The third-order valence-electron chi connectivity index (χ3n) is 3.87. The van der Waals surface area contributed by atoms with Gasteiger partial charge in [-0.1, -0.05) is 11.6 Å². The quantitative estimate of drug-likeness (QED) is 0.926. The van der Waals surface area contributed by atoms with Gasteiger partial charge in [0.15, 0.2) is 0 Å². The average Bonchev–Trinajstić information content (AvgIpc) is 2.81. The normalized spacial score (nSPS) is 22.6. The number of pyridine rings is 1. The van der Waals surface area contributed by atoms with Crippen LogP contribution in [0.1, 0.15) is 39.7 Å². The van der Waals surface area contributed by atoms with E-state index in [-0.39, 0.29) is 11.6 Å². The highest BCUT2D eigenvalue weighted by atomic mass is 35.5. The van der Waals surface area contributed by atoms with Crippen molar-refractivity contribution in [1.82, 2.24) is 10.3 Å². The van der Waals surface area contributed by atoms with Gasteiger partial charge in [0.2, 0.25) is 0 Å². The number of hydrogen-bond donors (Lipinski definition) is 1. The Morgan fingerprint density at radius 1 is 1.48 bits per heavy atom. The second-order valence-corrected chi connectivity index (χ2v) is 7.20. The van der Waals surface area contributed by atoms with Crippen LogP contribution >= 0.6 is 11.6 Å². The molecule has 0 aliphatic carbocycles. The van der Waals surface area contributed by atoms with Gasteiger partial charge in [-0.3, -0.25) is 0 Å². The summed E-state index contributed by atoms with van der Waals surface area (Å²) >= 11 is 6.43. The van der Waals surface area contributed by atoms with Gasteiger partial charge in [0.05, 0.1) is 17.2 Å². The molecule has 0 radical (unpaired) electrons. The van der Waals surface area contributed by atoms with Gasteiger partial charge in [-0.25, -0.2) is 4.98 Å². The Labute approximate surface area is 132 Å². The van der Waals surface area contributed by atoms with E-state index >= 15 is 0 Å². The topological polar surface area (TPSA) is 37.4 Å². The third-order valence-corrected chi connectivity index (χ3v) is 4.15. The van der Waals surface area contributed by atoms with Crippen LogP contribution < -0.4 is 10.2 Å². The van der Waals surface area contributed by atoms with Crippen molar-refractivity contribution in [3.8, 4) is 0 Å². The van der Waals surface area contributed by atoms with Gasteiger partial charge in [0.25, 0.3) is 0 Å². The molecule has 1 aromatic rings. The lowest BCUT2D eigenvalue weighted by molar-refractivity contribution is 0.118. The molecule has 2 heterocycles. The van der Waals surface area contributed by atoms with Crippen LogP contribution in [0.5, 0.6) is 0 Å². The predicted octanol–water partition coefficient (Wildman–Crippen LogP) is 3.24. The van der Waals surface area contributed by atoms with Crippen molar-refractivity contribution in [2.45, 2.75) is 58.3 Å². The van der Waals surface area contributed by atoms with Crippen molar-refractivity contribution in [2.24, 2.45) is 0 Å². The number of nitrogens with zero attached hydrogens (tertiary/aromatic N) is 2. The minimum Gasteiger partial charge on any atom is -0.376 e. The minimum absolute atomic E-state index is 0.0819. The van der Waals surface area contributed by atoms with Gasteiger partial charge in [-0.2, -0.15) is 0 Å². The van der Waals surface area contributed by atoms with Gasteiger partial charge in [0.1, 0.15) is 5.82 Å². The summed E-state index contributed by atoms with van der Waals surface area (Å²) in [6, 6.07) is 2.34. The van der Waals surface area contributed by atoms with Crippen LogP contribution in [-0.4, -0.2) is 36.3 Å². The van der Waals surface area contributed by atoms with Crippen molar-refractivity contribution in [3.63, 3.8) is 0 Å².